The molecule has 0 bridgehead atoms. The van der Waals surface area contributed by atoms with Gasteiger partial charge in [0.25, 0.3) is 0 Å². The largest absolute Gasteiger partial charge is 0.344 e. The first-order valence-electron chi connectivity index (χ1n) is 10.2. The van der Waals surface area contributed by atoms with Crippen LogP contribution in [0.1, 0.15) is 46.5 Å². The number of amides is 1. The van der Waals surface area contributed by atoms with Gasteiger partial charge in [0.2, 0.25) is 5.91 Å². The highest BCUT2D eigenvalue weighted by Crippen LogP contribution is 2.40. The second-order valence-electron chi connectivity index (χ2n) is 9.05. The van der Waals surface area contributed by atoms with E-state index in [9.17, 15) is 4.79 Å². The molecule has 2 fully saturated rings. The van der Waals surface area contributed by atoms with Crippen molar-refractivity contribution in [1.29, 1.82) is 0 Å². The molecule has 0 aromatic carbocycles. The predicted octanol–water partition coefficient (Wildman–Crippen LogP) is 4.19. The van der Waals surface area contributed by atoms with Crippen LogP contribution in [0.5, 0.6) is 0 Å². The Labute approximate surface area is 165 Å². The standard InChI is InChI=1S/C21H30N4OS/c1-21(2,3)16-8-6-15(7-9-16)19(26)24-11-13-25(14-12-24)20-23-17-5-4-10-22-18(17)27-20/h4-5,10,15-16H,6-9,11-14H2,1-3H3. The normalized spacial score (nSPS) is 24.4. The van der Waals surface area contributed by atoms with Crippen LogP contribution >= 0.6 is 11.3 Å². The predicted molar refractivity (Wildman–Crippen MR) is 111 cm³/mol. The minimum Gasteiger partial charge on any atom is -0.344 e. The molecule has 1 saturated heterocycles. The Hall–Kier alpha value is -1.69. The first-order chi connectivity index (χ1) is 12.9. The lowest BCUT2D eigenvalue weighted by Gasteiger charge is -2.40. The van der Waals surface area contributed by atoms with Gasteiger partial charge in [-0.3, -0.25) is 4.79 Å². The Morgan fingerprint density at radius 2 is 1.81 bits per heavy atom. The summed E-state index contributed by atoms with van der Waals surface area (Å²) in [7, 11) is 0. The van der Waals surface area contributed by atoms with Crippen molar-refractivity contribution >= 4 is 32.7 Å². The molecule has 2 aliphatic rings. The van der Waals surface area contributed by atoms with Crippen molar-refractivity contribution in [2.45, 2.75) is 46.5 Å². The van der Waals surface area contributed by atoms with Gasteiger partial charge < -0.3 is 9.80 Å². The summed E-state index contributed by atoms with van der Waals surface area (Å²) in [4.78, 5) is 27.4. The van der Waals surface area contributed by atoms with Gasteiger partial charge >= 0.3 is 0 Å². The average Bonchev–Trinajstić information content (AvgIpc) is 3.11. The molecule has 0 radical (unpaired) electrons. The van der Waals surface area contributed by atoms with Gasteiger partial charge in [-0.15, -0.1) is 0 Å². The van der Waals surface area contributed by atoms with Crippen LogP contribution in [0.3, 0.4) is 0 Å². The van der Waals surface area contributed by atoms with Crippen LogP contribution in [-0.4, -0.2) is 47.0 Å². The summed E-state index contributed by atoms with van der Waals surface area (Å²) < 4.78 is 0. The first-order valence-corrected chi connectivity index (χ1v) is 11.0. The zero-order chi connectivity index (χ0) is 19.0. The number of pyridine rings is 1. The van der Waals surface area contributed by atoms with Gasteiger partial charge in [0.1, 0.15) is 10.3 Å². The minimum atomic E-state index is 0.238. The third kappa shape index (κ3) is 3.96. The fourth-order valence-electron chi connectivity index (χ4n) is 4.48. The van der Waals surface area contributed by atoms with Crippen molar-refractivity contribution in [2.24, 2.45) is 17.3 Å². The highest BCUT2D eigenvalue weighted by molar-refractivity contribution is 7.21. The number of anilines is 1. The van der Waals surface area contributed by atoms with Crippen molar-refractivity contribution in [3.8, 4) is 0 Å². The van der Waals surface area contributed by atoms with Crippen LogP contribution in [0.25, 0.3) is 10.3 Å². The quantitative estimate of drug-likeness (QED) is 0.776. The molecule has 2 aromatic heterocycles. The first kappa shape index (κ1) is 18.7. The van der Waals surface area contributed by atoms with Crippen LogP contribution in [-0.2, 0) is 4.79 Å². The summed E-state index contributed by atoms with van der Waals surface area (Å²) in [6.45, 7) is 10.3. The molecule has 0 atom stereocenters. The van der Waals surface area contributed by atoms with E-state index < -0.39 is 0 Å². The van der Waals surface area contributed by atoms with Crippen LogP contribution in [0.15, 0.2) is 18.3 Å². The summed E-state index contributed by atoms with van der Waals surface area (Å²) in [5.74, 6) is 1.38. The number of hydrogen-bond donors (Lipinski definition) is 0. The van der Waals surface area contributed by atoms with Gasteiger partial charge in [-0.1, -0.05) is 32.1 Å². The minimum absolute atomic E-state index is 0.238. The molecular formula is C21H30N4OS. The summed E-state index contributed by atoms with van der Waals surface area (Å²) >= 11 is 1.64. The van der Waals surface area contributed by atoms with E-state index in [0.29, 0.717) is 11.3 Å². The van der Waals surface area contributed by atoms with Gasteiger partial charge in [-0.25, -0.2) is 9.97 Å². The number of carbonyl (C=O) groups excluding carboxylic acids is 1. The molecule has 1 amide bonds. The number of carbonyl (C=O) groups is 1. The van der Waals surface area contributed by atoms with E-state index >= 15 is 0 Å². The van der Waals surface area contributed by atoms with Gasteiger partial charge in [-0.2, -0.15) is 0 Å². The van der Waals surface area contributed by atoms with E-state index in [1.54, 1.807) is 11.3 Å². The number of aromatic nitrogens is 2. The number of piperazine rings is 1. The lowest BCUT2D eigenvalue weighted by molar-refractivity contribution is -0.137. The number of hydrogen-bond acceptors (Lipinski definition) is 5. The fraction of sp³-hybridized carbons (Fsp3) is 0.667. The second-order valence-corrected chi connectivity index (χ2v) is 10.0. The second kappa shape index (κ2) is 7.38. The van der Waals surface area contributed by atoms with Crippen molar-refractivity contribution in [3.05, 3.63) is 18.3 Å². The maximum atomic E-state index is 13.0. The molecule has 4 rings (SSSR count). The lowest BCUT2D eigenvalue weighted by atomic mass is 9.69. The molecule has 6 heteroatoms. The van der Waals surface area contributed by atoms with Crippen molar-refractivity contribution in [2.75, 3.05) is 31.1 Å². The molecule has 1 saturated carbocycles. The lowest BCUT2D eigenvalue weighted by Crippen LogP contribution is -2.50. The van der Waals surface area contributed by atoms with Crippen LogP contribution < -0.4 is 4.90 Å². The summed E-state index contributed by atoms with van der Waals surface area (Å²) in [5.41, 5.74) is 1.33. The molecule has 3 heterocycles. The fourth-order valence-corrected chi connectivity index (χ4v) is 5.44. The highest BCUT2D eigenvalue weighted by Gasteiger charge is 2.35. The van der Waals surface area contributed by atoms with E-state index in [2.05, 4.69) is 35.6 Å². The van der Waals surface area contributed by atoms with Crippen LogP contribution in [0.4, 0.5) is 5.13 Å². The SMILES string of the molecule is CC(C)(C)C1CCC(C(=O)N2CCN(c3nc4cccnc4s3)CC2)CC1. The van der Waals surface area contributed by atoms with E-state index in [0.717, 1.165) is 60.4 Å². The third-order valence-corrected chi connectivity index (χ3v) is 7.36. The number of thiazole rings is 1. The molecule has 0 N–H and O–H groups in total. The molecule has 1 aliphatic carbocycles. The van der Waals surface area contributed by atoms with Crippen molar-refractivity contribution in [1.82, 2.24) is 14.9 Å². The van der Waals surface area contributed by atoms with Gasteiger partial charge in [0.15, 0.2) is 5.13 Å². The smallest absolute Gasteiger partial charge is 0.225 e. The molecular weight excluding hydrogens is 356 g/mol. The molecule has 0 spiro atoms. The van der Waals surface area contributed by atoms with Crippen LogP contribution in [0.2, 0.25) is 0 Å². The molecule has 1 aliphatic heterocycles. The Kier molecular flexibility index (Phi) is 5.10. The molecule has 27 heavy (non-hydrogen) atoms. The summed E-state index contributed by atoms with van der Waals surface area (Å²) in [6.07, 6.45) is 6.32. The molecule has 146 valence electrons. The Morgan fingerprint density at radius 3 is 2.44 bits per heavy atom. The van der Waals surface area contributed by atoms with E-state index in [1.165, 1.54) is 12.8 Å². The monoisotopic (exact) mass is 386 g/mol. The van der Waals surface area contributed by atoms with E-state index in [-0.39, 0.29) is 5.92 Å². The number of rotatable bonds is 2. The van der Waals surface area contributed by atoms with E-state index in [4.69, 9.17) is 4.98 Å². The molecule has 5 nitrogen and oxygen atoms in total. The molecule has 0 unspecified atom stereocenters. The van der Waals surface area contributed by atoms with Crippen LogP contribution in [0, 0.1) is 17.3 Å². The average molecular weight is 387 g/mol. The number of fused-ring (bicyclic) bond motifs is 1. The zero-order valence-electron chi connectivity index (χ0n) is 16.6. The van der Waals surface area contributed by atoms with Gasteiger partial charge in [0.05, 0.1) is 0 Å². The molecule has 2 aromatic rings. The summed E-state index contributed by atoms with van der Waals surface area (Å²) in [5, 5.41) is 1.03. The maximum absolute atomic E-state index is 13.0. The van der Waals surface area contributed by atoms with Crippen molar-refractivity contribution in [3.63, 3.8) is 0 Å². The van der Waals surface area contributed by atoms with E-state index in [1.807, 2.05) is 18.3 Å². The Balaban J connectivity index is 1.32. The number of nitrogens with zero attached hydrogens (tertiary/aromatic N) is 4. The third-order valence-electron chi connectivity index (χ3n) is 6.32. The zero-order valence-corrected chi connectivity index (χ0v) is 17.5. The summed E-state index contributed by atoms with van der Waals surface area (Å²) in [6, 6.07) is 3.94. The Morgan fingerprint density at radius 1 is 1.11 bits per heavy atom. The highest BCUT2D eigenvalue weighted by atomic mass is 32.1. The van der Waals surface area contributed by atoms with Crippen molar-refractivity contribution < 1.29 is 4.79 Å². The maximum Gasteiger partial charge on any atom is 0.225 e. The van der Waals surface area contributed by atoms with Gasteiger partial charge in [0, 0.05) is 38.3 Å². The topological polar surface area (TPSA) is 49.3 Å². The van der Waals surface area contributed by atoms with Gasteiger partial charge in [-0.05, 0) is 49.1 Å². The Bertz CT molecular complexity index is 763.